The molecule has 84 valence electrons. The third kappa shape index (κ3) is 1.96. The smallest absolute Gasteiger partial charge is 0.325 e. The Morgan fingerprint density at radius 1 is 1.62 bits per heavy atom. The fourth-order valence-electron chi connectivity index (χ4n) is 1.32. The second-order valence-corrected chi connectivity index (χ2v) is 4.62. The highest BCUT2D eigenvalue weighted by atomic mass is 35.5. The number of carboxylic acids is 1. The topological polar surface area (TPSA) is 62.2 Å². The van der Waals surface area contributed by atoms with Crippen LogP contribution in [0.25, 0.3) is 10.2 Å². The third-order valence-corrected chi connectivity index (χ3v) is 3.29. The summed E-state index contributed by atoms with van der Waals surface area (Å²) < 4.78 is 0.976. The second kappa shape index (κ2) is 4.27. The summed E-state index contributed by atoms with van der Waals surface area (Å²) in [6.45, 7) is 1.56. The van der Waals surface area contributed by atoms with Crippen LogP contribution in [0.5, 0.6) is 0 Å². The van der Waals surface area contributed by atoms with Crippen molar-refractivity contribution in [2.75, 3.05) is 5.32 Å². The van der Waals surface area contributed by atoms with Crippen LogP contribution in [0.2, 0.25) is 5.02 Å². The number of aliphatic carboxylic acids is 1. The van der Waals surface area contributed by atoms with Crippen molar-refractivity contribution in [2.24, 2.45) is 0 Å². The number of hydrogen-bond donors (Lipinski definition) is 2. The monoisotopic (exact) mass is 256 g/mol. The number of fused-ring (bicyclic) bond motifs is 1. The zero-order valence-electron chi connectivity index (χ0n) is 8.40. The molecule has 0 fully saturated rings. The van der Waals surface area contributed by atoms with Crippen molar-refractivity contribution < 1.29 is 9.90 Å². The summed E-state index contributed by atoms with van der Waals surface area (Å²) in [5.41, 5.74) is 3.00. The number of benzene rings is 1. The predicted octanol–water partition coefficient (Wildman–Crippen LogP) is 2.83. The zero-order chi connectivity index (χ0) is 11.7. The predicted molar refractivity (Wildman–Crippen MR) is 65.4 cm³/mol. The molecule has 0 aliphatic rings. The van der Waals surface area contributed by atoms with Crippen LogP contribution in [0, 0.1) is 0 Å². The van der Waals surface area contributed by atoms with E-state index in [1.54, 1.807) is 18.5 Å². The van der Waals surface area contributed by atoms with Gasteiger partial charge in [0.15, 0.2) is 0 Å². The molecule has 16 heavy (non-hydrogen) atoms. The molecule has 0 aliphatic heterocycles. The lowest BCUT2D eigenvalue weighted by Crippen LogP contribution is -2.25. The zero-order valence-corrected chi connectivity index (χ0v) is 9.97. The maximum absolute atomic E-state index is 10.8. The molecule has 0 amide bonds. The molecule has 1 aromatic heterocycles. The summed E-state index contributed by atoms with van der Waals surface area (Å²) >= 11 is 7.51. The summed E-state index contributed by atoms with van der Waals surface area (Å²) in [5, 5.41) is 12.2. The highest BCUT2D eigenvalue weighted by Gasteiger charge is 2.15. The third-order valence-electron chi connectivity index (χ3n) is 2.18. The average molecular weight is 257 g/mol. The van der Waals surface area contributed by atoms with Crippen LogP contribution in [-0.2, 0) is 4.79 Å². The van der Waals surface area contributed by atoms with E-state index in [1.165, 1.54) is 11.3 Å². The van der Waals surface area contributed by atoms with Gasteiger partial charge in [-0.15, -0.1) is 11.3 Å². The fraction of sp³-hybridized carbons (Fsp3) is 0.200. The van der Waals surface area contributed by atoms with Crippen LogP contribution in [0.1, 0.15) is 6.92 Å². The van der Waals surface area contributed by atoms with E-state index in [-0.39, 0.29) is 0 Å². The molecule has 1 unspecified atom stereocenters. The maximum atomic E-state index is 10.8. The molecular formula is C10H9ClN2O2S. The van der Waals surface area contributed by atoms with Gasteiger partial charge in [0.2, 0.25) is 0 Å². The first-order valence-corrected chi connectivity index (χ1v) is 5.86. The van der Waals surface area contributed by atoms with Gasteiger partial charge >= 0.3 is 5.97 Å². The standard InChI is InChI=1S/C10H9ClN2O2S/c1-5(10(14)15)13-8-6(11)2-3-7-9(8)12-4-16-7/h2-5,13H,1H3,(H,14,15). The van der Waals surface area contributed by atoms with Crippen LogP contribution in [0.15, 0.2) is 17.6 Å². The molecule has 0 saturated heterocycles. The van der Waals surface area contributed by atoms with Crippen molar-refractivity contribution in [2.45, 2.75) is 13.0 Å². The number of nitrogens with one attached hydrogen (secondary N) is 1. The van der Waals surface area contributed by atoms with E-state index in [0.29, 0.717) is 16.2 Å². The number of rotatable bonds is 3. The molecule has 1 heterocycles. The summed E-state index contributed by atoms with van der Waals surface area (Å²) in [6.07, 6.45) is 0. The lowest BCUT2D eigenvalue weighted by atomic mass is 10.2. The van der Waals surface area contributed by atoms with Crippen LogP contribution < -0.4 is 5.32 Å². The quantitative estimate of drug-likeness (QED) is 0.887. The molecule has 6 heteroatoms. The molecular weight excluding hydrogens is 248 g/mol. The van der Waals surface area contributed by atoms with Gasteiger partial charge in [0.1, 0.15) is 11.6 Å². The van der Waals surface area contributed by atoms with Crippen molar-refractivity contribution in [3.8, 4) is 0 Å². The van der Waals surface area contributed by atoms with E-state index in [2.05, 4.69) is 10.3 Å². The highest BCUT2D eigenvalue weighted by molar-refractivity contribution is 7.16. The summed E-state index contributed by atoms with van der Waals surface area (Å²) in [6, 6.07) is 2.90. The average Bonchev–Trinajstić information content (AvgIpc) is 2.70. The van der Waals surface area contributed by atoms with Crippen molar-refractivity contribution in [3.63, 3.8) is 0 Å². The Labute approximate surface area is 101 Å². The number of halogens is 1. The Kier molecular flexibility index (Phi) is 2.98. The first-order valence-electron chi connectivity index (χ1n) is 4.60. The summed E-state index contributed by atoms with van der Waals surface area (Å²) in [5.74, 6) is -0.928. The van der Waals surface area contributed by atoms with Gasteiger partial charge < -0.3 is 10.4 Å². The number of hydrogen-bond acceptors (Lipinski definition) is 4. The van der Waals surface area contributed by atoms with Crippen molar-refractivity contribution in [3.05, 3.63) is 22.7 Å². The normalized spacial score (nSPS) is 12.6. The molecule has 4 nitrogen and oxygen atoms in total. The van der Waals surface area contributed by atoms with Crippen LogP contribution >= 0.6 is 22.9 Å². The van der Waals surface area contributed by atoms with Crippen LogP contribution in [0.3, 0.4) is 0 Å². The first kappa shape index (κ1) is 11.2. The Hall–Kier alpha value is -1.33. The number of carbonyl (C=O) groups is 1. The molecule has 0 spiro atoms. The Morgan fingerprint density at radius 2 is 2.38 bits per heavy atom. The van der Waals surface area contributed by atoms with Gasteiger partial charge in [0.05, 0.1) is 20.9 Å². The Morgan fingerprint density at radius 3 is 3.06 bits per heavy atom. The van der Waals surface area contributed by atoms with Gasteiger partial charge in [0, 0.05) is 0 Å². The van der Waals surface area contributed by atoms with E-state index in [1.807, 2.05) is 6.07 Å². The van der Waals surface area contributed by atoms with Gasteiger partial charge in [-0.1, -0.05) is 11.6 Å². The molecule has 2 rings (SSSR count). The van der Waals surface area contributed by atoms with Crippen molar-refractivity contribution >= 4 is 44.8 Å². The first-order chi connectivity index (χ1) is 7.59. The molecule has 1 aromatic carbocycles. The number of anilines is 1. The van der Waals surface area contributed by atoms with Crippen molar-refractivity contribution in [1.82, 2.24) is 4.98 Å². The molecule has 0 radical (unpaired) electrons. The number of thiazole rings is 1. The van der Waals surface area contributed by atoms with Gasteiger partial charge in [-0.2, -0.15) is 0 Å². The molecule has 0 bridgehead atoms. The lowest BCUT2D eigenvalue weighted by Gasteiger charge is -2.12. The Bertz CT molecular complexity index is 541. The van der Waals surface area contributed by atoms with E-state index in [9.17, 15) is 4.79 Å². The van der Waals surface area contributed by atoms with E-state index >= 15 is 0 Å². The number of aromatic nitrogens is 1. The maximum Gasteiger partial charge on any atom is 0.325 e. The van der Waals surface area contributed by atoms with E-state index in [0.717, 1.165) is 4.70 Å². The summed E-state index contributed by atoms with van der Waals surface area (Å²) in [4.78, 5) is 14.9. The molecule has 2 aromatic rings. The van der Waals surface area contributed by atoms with E-state index in [4.69, 9.17) is 16.7 Å². The van der Waals surface area contributed by atoms with E-state index < -0.39 is 12.0 Å². The van der Waals surface area contributed by atoms with Crippen LogP contribution in [-0.4, -0.2) is 22.1 Å². The largest absolute Gasteiger partial charge is 0.480 e. The van der Waals surface area contributed by atoms with Crippen LogP contribution in [0.4, 0.5) is 5.69 Å². The molecule has 0 saturated carbocycles. The van der Waals surface area contributed by atoms with Gasteiger partial charge in [-0.25, -0.2) is 4.98 Å². The SMILES string of the molecule is CC(Nc1c(Cl)ccc2scnc12)C(=O)O. The second-order valence-electron chi connectivity index (χ2n) is 3.33. The van der Waals surface area contributed by atoms with Gasteiger partial charge in [-0.05, 0) is 19.1 Å². The number of nitrogens with zero attached hydrogens (tertiary/aromatic N) is 1. The van der Waals surface area contributed by atoms with Gasteiger partial charge in [-0.3, -0.25) is 4.79 Å². The molecule has 0 aliphatic carbocycles. The molecule has 1 atom stereocenters. The fourth-order valence-corrected chi connectivity index (χ4v) is 2.21. The minimum atomic E-state index is -0.928. The van der Waals surface area contributed by atoms with Gasteiger partial charge in [0.25, 0.3) is 0 Å². The Balaban J connectivity index is 2.45. The molecule has 2 N–H and O–H groups in total. The minimum absolute atomic E-state index is 0.478. The minimum Gasteiger partial charge on any atom is -0.480 e. The lowest BCUT2D eigenvalue weighted by molar-refractivity contribution is -0.137. The highest BCUT2D eigenvalue weighted by Crippen LogP contribution is 2.32. The number of carboxylic acid groups (broad SMARTS) is 1. The van der Waals surface area contributed by atoms with Crippen molar-refractivity contribution in [1.29, 1.82) is 0 Å². The summed E-state index contributed by atoms with van der Waals surface area (Å²) in [7, 11) is 0.